The second-order valence-electron chi connectivity index (χ2n) is 5.71. The molecule has 0 unspecified atom stereocenters. The van der Waals surface area contributed by atoms with Gasteiger partial charge in [0, 0.05) is 12.0 Å². The maximum Gasteiger partial charge on any atom is 0.313 e. The van der Waals surface area contributed by atoms with Gasteiger partial charge in [0.15, 0.2) is 0 Å². The van der Waals surface area contributed by atoms with E-state index in [1.807, 2.05) is 27.7 Å². The summed E-state index contributed by atoms with van der Waals surface area (Å²) in [6.07, 6.45) is 0.871. The van der Waals surface area contributed by atoms with E-state index in [4.69, 9.17) is 0 Å². The minimum Gasteiger partial charge on any atom is -0.299 e. The van der Waals surface area contributed by atoms with E-state index in [1.54, 1.807) is 11.6 Å². The van der Waals surface area contributed by atoms with E-state index in [0.717, 1.165) is 6.42 Å². The maximum atomic E-state index is 12.1. The summed E-state index contributed by atoms with van der Waals surface area (Å²) in [4.78, 5) is 22.8. The van der Waals surface area contributed by atoms with Crippen LogP contribution in [-0.4, -0.2) is 20.5 Å². The lowest BCUT2D eigenvalue weighted by Crippen LogP contribution is -2.24. The lowest BCUT2D eigenvalue weighted by Gasteiger charge is -2.16. The van der Waals surface area contributed by atoms with Crippen LogP contribution in [0.1, 0.15) is 45.5 Å². The Morgan fingerprint density at radius 2 is 2.00 bits per heavy atom. The van der Waals surface area contributed by atoms with E-state index in [1.165, 1.54) is 0 Å². The first-order chi connectivity index (χ1) is 8.68. The monoisotopic (exact) mass is 267 g/mol. The number of Topliss-reactive ketones (excluding diaryl/α,β-unsaturated/α-hetero) is 1. The van der Waals surface area contributed by atoms with E-state index in [0.29, 0.717) is 17.9 Å². The third-order valence-corrected chi connectivity index (χ3v) is 2.98. The van der Waals surface area contributed by atoms with Gasteiger partial charge in [0.1, 0.15) is 17.2 Å². The van der Waals surface area contributed by atoms with Gasteiger partial charge in [-0.3, -0.25) is 19.6 Å². The van der Waals surface area contributed by atoms with Gasteiger partial charge in [-0.25, -0.2) is 0 Å². The molecule has 0 saturated carbocycles. The minimum absolute atomic E-state index is 0.0205. The second kappa shape index (κ2) is 5.50. The van der Waals surface area contributed by atoms with Crippen LogP contribution in [0.25, 0.3) is 0 Å². The van der Waals surface area contributed by atoms with E-state index >= 15 is 0 Å². The summed E-state index contributed by atoms with van der Waals surface area (Å²) in [6.45, 7) is 9.60. The van der Waals surface area contributed by atoms with Gasteiger partial charge in [0.2, 0.25) is 0 Å². The number of hydrogen-bond acceptors (Lipinski definition) is 4. The molecule has 0 spiro atoms. The molecule has 0 aliphatic heterocycles. The zero-order valence-corrected chi connectivity index (χ0v) is 12.2. The first-order valence-corrected chi connectivity index (χ1v) is 6.42. The van der Waals surface area contributed by atoms with E-state index in [2.05, 4.69) is 5.10 Å². The van der Waals surface area contributed by atoms with Crippen molar-refractivity contribution < 1.29 is 9.72 Å². The predicted molar refractivity (Wildman–Crippen MR) is 72.1 cm³/mol. The molecule has 0 aliphatic rings. The van der Waals surface area contributed by atoms with Crippen molar-refractivity contribution >= 4 is 11.5 Å². The number of carbonyl (C=O) groups excluding carboxylic acids is 1. The Labute approximate surface area is 113 Å². The van der Waals surface area contributed by atoms with E-state index < -0.39 is 10.3 Å². The van der Waals surface area contributed by atoms with Crippen molar-refractivity contribution in [3.05, 3.63) is 21.5 Å². The van der Waals surface area contributed by atoms with Gasteiger partial charge < -0.3 is 0 Å². The summed E-state index contributed by atoms with van der Waals surface area (Å²) in [5.74, 6) is -0.0205. The zero-order valence-electron chi connectivity index (χ0n) is 12.2. The zero-order chi connectivity index (χ0) is 14.8. The topological polar surface area (TPSA) is 78.0 Å². The highest BCUT2D eigenvalue weighted by molar-refractivity contribution is 5.86. The predicted octanol–water partition coefficient (Wildman–Crippen LogP) is 2.67. The van der Waals surface area contributed by atoms with Crippen LogP contribution in [0.2, 0.25) is 0 Å². The van der Waals surface area contributed by atoms with Crippen molar-refractivity contribution in [2.45, 2.75) is 54.0 Å². The average molecular weight is 267 g/mol. The average Bonchev–Trinajstić information content (AvgIpc) is 2.54. The molecule has 0 saturated heterocycles. The Bertz CT molecular complexity index is 498. The summed E-state index contributed by atoms with van der Waals surface area (Å²) in [5, 5.41) is 15.3. The van der Waals surface area contributed by atoms with Gasteiger partial charge in [-0.1, -0.05) is 27.7 Å². The molecule has 6 heteroatoms. The number of rotatable bonds is 5. The molecule has 0 aromatic carbocycles. The lowest BCUT2D eigenvalue weighted by molar-refractivity contribution is -0.386. The second-order valence-corrected chi connectivity index (χ2v) is 5.71. The third kappa shape index (κ3) is 3.39. The Hall–Kier alpha value is -1.72. The standard InChI is InChI=1S/C13H21N3O3/c1-6-7-15-10(8-11(17)13(3,4)5)12(16(18)19)9(2)14-15/h6-8H2,1-5H3. The highest BCUT2D eigenvalue weighted by Gasteiger charge is 2.30. The van der Waals surface area contributed by atoms with Gasteiger partial charge in [0.25, 0.3) is 0 Å². The number of ketones is 1. The van der Waals surface area contributed by atoms with Gasteiger partial charge in [0.05, 0.1) is 11.3 Å². The molecule has 6 nitrogen and oxygen atoms in total. The van der Waals surface area contributed by atoms with E-state index in [9.17, 15) is 14.9 Å². The van der Waals surface area contributed by atoms with Crippen molar-refractivity contribution in [2.75, 3.05) is 0 Å². The van der Waals surface area contributed by atoms with Crippen LogP contribution in [0.5, 0.6) is 0 Å². The van der Waals surface area contributed by atoms with Crippen LogP contribution >= 0.6 is 0 Å². The fourth-order valence-electron chi connectivity index (χ4n) is 1.85. The highest BCUT2D eigenvalue weighted by Crippen LogP contribution is 2.27. The Balaban J connectivity index is 3.22. The molecule has 0 bridgehead atoms. The molecular formula is C13H21N3O3. The van der Waals surface area contributed by atoms with Crippen molar-refractivity contribution in [3.63, 3.8) is 0 Å². The third-order valence-electron chi connectivity index (χ3n) is 2.98. The van der Waals surface area contributed by atoms with Crippen molar-refractivity contribution in [1.82, 2.24) is 9.78 Å². The van der Waals surface area contributed by atoms with Crippen LogP contribution in [-0.2, 0) is 17.8 Å². The number of nitro groups is 1. The number of aromatic nitrogens is 2. The molecule has 0 fully saturated rings. The molecular weight excluding hydrogens is 246 g/mol. The molecule has 1 heterocycles. The Morgan fingerprint density at radius 3 is 2.42 bits per heavy atom. The summed E-state index contributed by atoms with van der Waals surface area (Å²) in [5.41, 5.74) is 0.258. The van der Waals surface area contributed by atoms with Gasteiger partial charge >= 0.3 is 5.69 Å². The fourth-order valence-corrected chi connectivity index (χ4v) is 1.85. The maximum absolute atomic E-state index is 12.1. The first kappa shape index (κ1) is 15.3. The SMILES string of the molecule is CCCn1nc(C)c([N+](=O)[O-])c1CC(=O)C(C)(C)C. The van der Waals surface area contributed by atoms with Gasteiger partial charge in [-0.05, 0) is 13.3 Å². The highest BCUT2D eigenvalue weighted by atomic mass is 16.6. The molecule has 1 aromatic rings. The summed E-state index contributed by atoms with van der Waals surface area (Å²) in [6, 6.07) is 0. The number of hydrogen-bond donors (Lipinski definition) is 0. The molecule has 1 rings (SSSR count). The summed E-state index contributed by atoms with van der Waals surface area (Å²) < 4.78 is 1.59. The molecule has 0 N–H and O–H groups in total. The molecule has 19 heavy (non-hydrogen) atoms. The van der Waals surface area contributed by atoms with E-state index in [-0.39, 0.29) is 17.9 Å². The van der Waals surface area contributed by atoms with Crippen LogP contribution in [0.3, 0.4) is 0 Å². The Kier molecular flexibility index (Phi) is 4.44. The number of nitrogens with zero attached hydrogens (tertiary/aromatic N) is 3. The van der Waals surface area contributed by atoms with Gasteiger partial charge in [-0.2, -0.15) is 5.10 Å². The van der Waals surface area contributed by atoms with Crippen molar-refractivity contribution in [3.8, 4) is 0 Å². The number of carbonyl (C=O) groups is 1. The molecule has 0 amide bonds. The summed E-state index contributed by atoms with van der Waals surface area (Å²) in [7, 11) is 0. The first-order valence-electron chi connectivity index (χ1n) is 6.42. The summed E-state index contributed by atoms with van der Waals surface area (Å²) >= 11 is 0. The fraction of sp³-hybridized carbons (Fsp3) is 0.692. The van der Waals surface area contributed by atoms with Gasteiger partial charge in [-0.15, -0.1) is 0 Å². The smallest absolute Gasteiger partial charge is 0.299 e. The normalized spacial score (nSPS) is 11.6. The Morgan fingerprint density at radius 1 is 1.42 bits per heavy atom. The minimum atomic E-state index is -0.511. The molecule has 1 aromatic heterocycles. The van der Waals surface area contributed by atoms with Crippen LogP contribution < -0.4 is 0 Å². The van der Waals surface area contributed by atoms with Crippen molar-refractivity contribution in [2.24, 2.45) is 5.41 Å². The van der Waals surface area contributed by atoms with Crippen LogP contribution in [0, 0.1) is 22.5 Å². The molecule has 106 valence electrons. The van der Waals surface area contributed by atoms with Crippen LogP contribution in [0.15, 0.2) is 0 Å². The number of aryl methyl sites for hydroxylation is 2. The molecule has 0 aliphatic carbocycles. The molecule has 0 radical (unpaired) electrons. The quantitative estimate of drug-likeness (QED) is 0.607. The molecule has 0 atom stereocenters. The van der Waals surface area contributed by atoms with Crippen LogP contribution in [0.4, 0.5) is 5.69 Å². The largest absolute Gasteiger partial charge is 0.313 e. The lowest BCUT2D eigenvalue weighted by atomic mass is 9.88. The van der Waals surface area contributed by atoms with Crippen molar-refractivity contribution in [1.29, 1.82) is 0 Å².